The number of alkyl halides is 3. The lowest BCUT2D eigenvalue weighted by molar-refractivity contribution is -0.140. The number of fused-ring (bicyclic) bond motifs is 1. The second-order valence-corrected chi connectivity index (χ2v) is 4.85. The van der Waals surface area contributed by atoms with E-state index in [2.05, 4.69) is 15.4 Å². The molecule has 0 bridgehead atoms. The number of carbonyl (C=O) groups is 1. The van der Waals surface area contributed by atoms with E-state index in [4.69, 9.17) is 0 Å². The summed E-state index contributed by atoms with van der Waals surface area (Å²) in [6.45, 7) is 1.88. The Hall–Kier alpha value is -1.90. The highest BCUT2D eigenvalue weighted by molar-refractivity contribution is 7.12. The maximum Gasteiger partial charge on any atom is 0.434 e. The highest BCUT2D eigenvalue weighted by atomic mass is 32.1. The minimum Gasteiger partial charge on any atom is -0.346 e. The van der Waals surface area contributed by atoms with Crippen molar-refractivity contribution in [1.82, 2.24) is 20.1 Å². The van der Waals surface area contributed by atoms with E-state index in [1.54, 1.807) is 6.92 Å². The Kier molecular flexibility index (Phi) is 2.43. The first-order valence-corrected chi connectivity index (χ1v) is 6.15. The second-order valence-electron chi connectivity index (χ2n) is 4.01. The van der Waals surface area contributed by atoms with Crippen LogP contribution in [-0.2, 0) is 12.7 Å². The lowest BCUT2D eigenvalue weighted by Crippen LogP contribution is -2.15. The van der Waals surface area contributed by atoms with Gasteiger partial charge in [-0.25, -0.2) is 9.67 Å². The summed E-state index contributed by atoms with van der Waals surface area (Å²) in [4.78, 5) is 15.1. The van der Waals surface area contributed by atoms with Gasteiger partial charge in [-0.15, -0.1) is 11.3 Å². The number of nitrogens with zero attached hydrogens (tertiary/aromatic N) is 3. The number of hydrogen-bond acceptors (Lipinski definition) is 4. The number of hydrogen-bond donors (Lipinski definition) is 1. The summed E-state index contributed by atoms with van der Waals surface area (Å²) >= 11 is 0.840. The van der Waals surface area contributed by atoms with Crippen LogP contribution < -0.4 is 5.32 Å². The van der Waals surface area contributed by atoms with Crippen LogP contribution in [0.25, 0.3) is 5.13 Å². The SMILES string of the molecule is Cc1nn(-c2nc(C(F)(F)F)cs2)c2c1C(=O)NC2. The maximum absolute atomic E-state index is 12.5. The van der Waals surface area contributed by atoms with Gasteiger partial charge in [0.05, 0.1) is 23.5 Å². The lowest BCUT2D eigenvalue weighted by atomic mass is 10.2. The summed E-state index contributed by atoms with van der Waals surface area (Å²) in [6.07, 6.45) is -4.48. The van der Waals surface area contributed by atoms with E-state index in [0.29, 0.717) is 17.0 Å². The topological polar surface area (TPSA) is 59.8 Å². The molecule has 9 heteroatoms. The molecule has 1 aliphatic rings. The molecule has 3 heterocycles. The Labute approximate surface area is 109 Å². The van der Waals surface area contributed by atoms with Crippen molar-refractivity contribution in [2.24, 2.45) is 0 Å². The van der Waals surface area contributed by atoms with Crippen LogP contribution in [0.1, 0.15) is 27.4 Å². The molecule has 5 nitrogen and oxygen atoms in total. The molecule has 2 aromatic rings. The van der Waals surface area contributed by atoms with Crippen LogP contribution in [0, 0.1) is 6.92 Å². The molecule has 0 spiro atoms. The molecule has 1 aliphatic heterocycles. The van der Waals surface area contributed by atoms with Crippen molar-refractivity contribution >= 4 is 17.2 Å². The fraction of sp³-hybridized carbons (Fsp3) is 0.300. The third kappa shape index (κ3) is 1.81. The molecule has 0 saturated carbocycles. The standard InChI is InChI=1S/C10H7F3N4OS/c1-4-7-5(2-14-8(7)18)17(16-4)9-15-6(3-19-9)10(11,12)13/h3H,2H2,1H3,(H,14,18). The van der Waals surface area contributed by atoms with Crippen molar-refractivity contribution in [2.45, 2.75) is 19.6 Å². The Morgan fingerprint density at radius 3 is 2.84 bits per heavy atom. The Bertz CT molecular complexity index is 673. The van der Waals surface area contributed by atoms with Crippen LogP contribution in [0.2, 0.25) is 0 Å². The molecule has 0 radical (unpaired) electrons. The maximum atomic E-state index is 12.5. The molecular formula is C10H7F3N4OS. The van der Waals surface area contributed by atoms with Crippen molar-refractivity contribution in [3.63, 3.8) is 0 Å². The van der Waals surface area contributed by atoms with Gasteiger partial charge in [0.1, 0.15) is 0 Å². The number of aromatic nitrogens is 3. The van der Waals surface area contributed by atoms with Gasteiger partial charge in [0.15, 0.2) is 5.69 Å². The monoisotopic (exact) mass is 288 g/mol. The summed E-state index contributed by atoms with van der Waals surface area (Å²) < 4.78 is 38.8. The van der Waals surface area contributed by atoms with Gasteiger partial charge in [-0.1, -0.05) is 0 Å². The summed E-state index contributed by atoms with van der Waals surface area (Å²) in [6, 6.07) is 0. The van der Waals surface area contributed by atoms with Gasteiger partial charge in [0.2, 0.25) is 5.13 Å². The van der Waals surface area contributed by atoms with Crippen molar-refractivity contribution in [3.8, 4) is 5.13 Å². The van der Waals surface area contributed by atoms with Crippen LogP contribution in [-0.4, -0.2) is 20.7 Å². The van der Waals surface area contributed by atoms with Crippen LogP contribution in [0.3, 0.4) is 0 Å². The third-order valence-electron chi connectivity index (χ3n) is 2.76. The number of thiazole rings is 1. The first-order valence-electron chi connectivity index (χ1n) is 5.27. The number of aryl methyl sites for hydroxylation is 1. The van der Waals surface area contributed by atoms with E-state index in [1.165, 1.54) is 4.68 Å². The van der Waals surface area contributed by atoms with Crippen LogP contribution >= 0.6 is 11.3 Å². The van der Waals surface area contributed by atoms with Crippen LogP contribution in [0.4, 0.5) is 13.2 Å². The van der Waals surface area contributed by atoms with Gasteiger partial charge < -0.3 is 5.32 Å². The van der Waals surface area contributed by atoms with E-state index < -0.39 is 11.9 Å². The minimum atomic E-state index is -4.48. The number of carbonyl (C=O) groups excluding carboxylic acids is 1. The normalized spacial score (nSPS) is 14.6. The highest BCUT2D eigenvalue weighted by Crippen LogP contribution is 2.32. The lowest BCUT2D eigenvalue weighted by Gasteiger charge is -2.01. The van der Waals surface area contributed by atoms with Crippen molar-refractivity contribution in [1.29, 1.82) is 0 Å². The van der Waals surface area contributed by atoms with Crippen molar-refractivity contribution < 1.29 is 18.0 Å². The molecule has 0 aromatic carbocycles. The van der Waals surface area contributed by atoms with Gasteiger partial charge >= 0.3 is 6.18 Å². The van der Waals surface area contributed by atoms with Gasteiger partial charge in [0, 0.05) is 5.38 Å². The molecule has 0 fully saturated rings. The summed E-state index contributed by atoms with van der Waals surface area (Å²) in [5.41, 5.74) is 0.495. The van der Waals surface area contributed by atoms with E-state index in [-0.39, 0.29) is 17.6 Å². The van der Waals surface area contributed by atoms with E-state index in [0.717, 1.165) is 16.7 Å². The Balaban J connectivity index is 2.09. The first kappa shape index (κ1) is 12.2. The van der Waals surface area contributed by atoms with E-state index in [1.807, 2.05) is 0 Å². The molecule has 0 atom stereocenters. The zero-order chi connectivity index (χ0) is 13.8. The molecule has 3 rings (SSSR count). The van der Waals surface area contributed by atoms with Crippen LogP contribution in [0.15, 0.2) is 5.38 Å². The quantitative estimate of drug-likeness (QED) is 0.872. The number of amides is 1. The molecule has 1 amide bonds. The van der Waals surface area contributed by atoms with Gasteiger partial charge in [-0.3, -0.25) is 4.79 Å². The molecule has 100 valence electrons. The molecule has 1 N–H and O–H groups in total. The van der Waals surface area contributed by atoms with Crippen molar-refractivity contribution in [2.75, 3.05) is 0 Å². The molecule has 0 aliphatic carbocycles. The van der Waals surface area contributed by atoms with Crippen molar-refractivity contribution in [3.05, 3.63) is 28.0 Å². The van der Waals surface area contributed by atoms with Gasteiger partial charge in [-0.05, 0) is 6.92 Å². The average Bonchev–Trinajstić information content (AvgIpc) is 2.96. The predicted molar refractivity (Wildman–Crippen MR) is 60.1 cm³/mol. The predicted octanol–water partition coefficient (Wildman–Crippen LogP) is 1.90. The second kappa shape index (κ2) is 3.80. The third-order valence-corrected chi connectivity index (χ3v) is 3.58. The highest BCUT2D eigenvalue weighted by Gasteiger charge is 2.35. The van der Waals surface area contributed by atoms with E-state index in [9.17, 15) is 18.0 Å². The summed E-state index contributed by atoms with van der Waals surface area (Å²) in [5.74, 6) is -0.258. The number of nitrogens with one attached hydrogen (secondary N) is 1. The Morgan fingerprint density at radius 2 is 2.21 bits per heavy atom. The molecule has 2 aromatic heterocycles. The number of halogens is 3. The fourth-order valence-electron chi connectivity index (χ4n) is 1.94. The van der Waals surface area contributed by atoms with Gasteiger partial charge in [0.25, 0.3) is 5.91 Å². The Morgan fingerprint density at radius 1 is 1.47 bits per heavy atom. The zero-order valence-electron chi connectivity index (χ0n) is 9.58. The number of rotatable bonds is 1. The fourth-order valence-corrected chi connectivity index (χ4v) is 2.74. The molecular weight excluding hydrogens is 281 g/mol. The molecule has 0 saturated heterocycles. The van der Waals surface area contributed by atoms with Gasteiger partial charge in [-0.2, -0.15) is 18.3 Å². The zero-order valence-corrected chi connectivity index (χ0v) is 10.4. The first-order chi connectivity index (χ1) is 8.88. The molecule has 19 heavy (non-hydrogen) atoms. The van der Waals surface area contributed by atoms with E-state index >= 15 is 0 Å². The van der Waals surface area contributed by atoms with Crippen LogP contribution in [0.5, 0.6) is 0 Å². The smallest absolute Gasteiger partial charge is 0.346 e. The largest absolute Gasteiger partial charge is 0.434 e. The summed E-state index contributed by atoms with van der Waals surface area (Å²) in [7, 11) is 0. The minimum absolute atomic E-state index is 0.105. The summed E-state index contributed by atoms with van der Waals surface area (Å²) in [5, 5.41) is 7.73. The molecule has 0 unspecified atom stereocenters. The average molecular weight is 288 g/mol.